The second kappa shape index (κ2) is 9.16. The average molecular weight is 412 g/mol. The molecule has 1 N–H and O–H groups in total. The maximum Gasteiger partial charge on any atom is 0.162 e. The summed E-state index contributed by atoms with van der Waals surface area (Å²) in [5, 5.41) is 4.43. The van der Waals surface area contributed by atoms with E-state index in [1.54, 1.807) is 12.4 Å². The van der Waals surface area contributed by atoms with Crippen LogP contribution in [0.2, 0.25) is 0 Å². The molecule has 7 heteroatoms. The van der Waals surface area contributed by atoms with E-state index in [0.29, 0.717) is 19.0 Å². The van der Waals surface area contributed by atoms with E-state index < -0.39 is 0 Å². The Kier molecular flexibility index (Phi) is 5.77. The summed E-state index contributed by atoms with van der Waals surface area (Å²) in [4.78, 5) is 20.7. The van der Waals surface area contributed by atoms with Gasteiger partial charge in [0.2, 0.25) is 0 Å². The second-order valence-electron chi connectivity index (χ2n) is 7.51. The zero-order valence-corrected chi connectivity index (χ0v) is 17.2. The number of nitrogens with zero attached hydrogens (tertiary/aromatic N) is 5. The lowest BCUT2D eigenvalue weighted by molar-refractivity contribution is 0.108. The zero-order chi connectivity index (χ0) is 20.9. The van der Waals surface area contributed by atoms with Gasteiger partial charge in [-0.2, -0.15) is 0 Å². The fraction of sp³-hybridized carbons (Fsp3) is 0.250. The Morgan fingerprint density at radius 2 is 1.68 bits per heavy atom. The first-order chi connectivity index (χ1) is 15.4. The van der Waals surface area contributed by atoms with E-state index in [4.69, 9.17) is 14.7 Å². The third-order valence-electron chi connectivity index (χ3n) is 5.39. The molecule has 0 radical (unpaired) electrons. The van der Waals surface area contributed by atoms with Gasteiger partial charge in [0.1, 0.15) is 5.82 Å². The molecular formula is C24H24N6O. The van der Waals surface area contributed by atoms with Gasteiger partial charge in [-0.05, 0) is 17.7 Å². The van der Waals surface area contributed by atoms with Crippen molar-refractivity contribution in [1.29, 1.82) is 0 Å². The third-order valence-corrected chi connectivity index (χ3v) is 5.39. The highest BCUT2D eigenvalue weighted by Gasteiger charge is 2.20. The summed E-state index contributed by atoms with van der Waals surface area (Å²) in [5.74, 6) is 1.63. The molecule has 0 saturated carbocycles. The van der Waals surface area contributed by atoms with E-state index in [1.165, 1.54) is 0 Å². The quantitative estimate of drug-likeness (QED) is 0.521. The second-order valence-corrected chi connectivity index (χ2v) is 7.51. The Morgan fingerprint density at radius 3 is 2.48 bits per heavy atom. The molecule has 1 aromatic carbocycles. The van der Waals surface area contributed by atoms with E-state index in [1.807, 2.05) is 42.7 Å². The predicted molar refractivity (Wildman–Crippen MR) is 121 cm³/mol. The van der Waals surface area contributed by atoms with E-state index in [9.17, 15) is 0 Å². The molecule has 0 aliphatic carbocycles. The maximum absolute atomic E-state index is 6.04. The van der Waals surface area contributed by atoms with Crippen molar-refractivity contribution in [2.75, 3.05) is 31.1 Å². The number of fused-ring (bicyclic) bond motifs is 1. The van der Waals surface area contributed by atoms with Crippen LogP contribution in [0.1, 0.15) is 11.1 Å². The van der Waals surface area contributed by atoms with E-state index >= 15 is 0 Å². The molecule has 31 heavy (non-hydrogen) atoms. The van der Waals surface area contributed by atoms with Crippen molar-refractivity contribution in [2.45, 2.75) is 13.2 Å². The van der Waals surface area contributed by atoms with Crippen LogP contribution in [0, 0.1) is 0 Å². The lowest BCUT2D eigenvalue weighted by Gasteiger charge is -2.30. The highest BCUT2D eigenvalue weighted by Crippen LogP contribution is 2.30. The fourth-order valence-electron chi connectivity index (χ4n) is 3.83. The van der Waals surface area contributed by atoms with Gasteiger partial charge in [0.15, 0.2) is 5.82 Å². The van der Waals surface area contributed by atoms with Gasteiger partial charge in [-0.1, -0.05) is 30.3 Å². The molecule has 156 valence electrons. The van der Waals surface area contributed by atoms with Crippen molar-refractivity contribution in [1.82, 2.24) is 25.3 Å². The van der Waals surface area contributed by atoms with Crippen LogP contribution in [-0.2, 0) is 18.0 Å². The Morgan fingerprint density at radius 1 is 0.871 bits per heavy atom. The molecule has 0 amide bonds. The van der Waals surface area contributed by atoms with Gasteiger partial charge in [-0.3, -0.25) is 9.97 Å². The highest BCUT2D eigenvalue weighted by atomic mass is 16.5. The third kappa shape index (κ3) is 4.38. The van der Waals surface area contributed by atoms with Crippen LogP contribution in [0.25, 0.3) is 22.3 Å². The smallest absolute Gasteiger partial charge is 0.162 e. The number of pyridine rings is 2. The van der Waals surface area contributed by atoms with Crippen molar-refractivity contribution >= 4 is 16.7 Å². The minimum Gasteiger partial charge on any atom is -0.372 e. The van der Waals surface area contributed by atoms with Gasteiger partial charge >= 0.3 is 0 Å². The summed E-state index contributed by atoms with van der Waals surface area (Å²) in [7, 11) is 0. The molecule has 0 unspecified atom stereocenters. The summed E-state index contributed by atoms with van der Waals surface area (Å²) < 4.78 is 6.04. The minimum absolute atomic E-state index is 0.455. The molecule has 1 fully saturated rings. The molecule has 1 aliphatic heterocycles. The number of piperazine rings is 1. The Bertz CT molecular complexity index is 1150. The Labute approximate surface area is 181 Å². The van der Waals surface area contributed by atoms with Crippen molar-refractivity contribution in [3.8, 4) is 11.4 Å². The monoisotopic (exact) mass is 412 g/mol. The van der Waals surface area contributed by atoms with Gasteiger partial charge in [0, 0.05) is 55.9 Å². The molecule has 3 aromatic heterocycles. The number of hydrogen-bond donors (Lipinski definition) is 1. The minimum atomic E-state index is 0.455. The van der Waals surface area contributed by atoms with Crippen molar-refractivity contribution < 1.29 is 4.74 Å². The average Bonchev–Trinajstić information content (AvgIpc) is 2.85. The lowest BCUT2D eigenvalue weighted by atomic mass is 10.1. The van der Waals surface area contributed by atoms with Gasteiger partial charge in [-0.25, -0.2) is 9.97 Å². The van der Waals surface area contributed by atoms with Gasteiger partial charge in [-0.15, -0.1) is 0 Å². The fourth-order valence-corrected chi connectivity index (χ4v) is 3.83. The molecular weight excluding hydrogens is 388 g/mol. The molecule has 4 heterocycles. The number of aromatic nitrogens is 4. The molecule has 1 aliphatic rings. The van der Waals surface area contributed by atoms with E-state index in [-0.39, 0.29) is 0 Å². The molecule has 0 bridgehead atoms. The van der Waals surface area contributed by atoms with Crippen molar-refractivity contribution in [3.63, 3.8) is 0 Å². The van der Waals surface area contributed by atoms with Gasteiger partial charge in [0.25, 0.3) is 0 Å². The van der Waals surface area contributed by atoms with E-state index in [0.717, 1.165) is 59.6 Å². The molecule has 7 nitrogen and oxygen atoms in total. The van der Waals surface area contributed by atoms with Crippen LogP contribution in [-0.4, -0.2) is 46.1 Å². The summed E-state index contributed by atoms with van der Waals surface area (Å²) in [5.41, 5.74) is 3.92. The number of nitrogens with one attached hydrogen (secondary N) is 1. The highest BCUT2D eigenvalue weighted by molar-refractivity contribution is 5.93. The van der Waals surface area contributed by atoms with Crippen LogP contribution in [0.15, 0.2) is 67.3 Å². The molecule has 4 aromatic rings. The molecule has 1 saturated heterocycles. The lowest BCUT2D eigenvalue weighted by Crippen LogP contribution is -2.44. The van der Waals surface area contributed by atoms with Gasteiger partial charge in [0.05, 0.1) is 30.3 Å². The van der Waals surface area contributed by atoms with E-state index in [2.05, 4.69) is 32.3 Å². The maximum atomic E-state index is 6.04. The van der Waals surface area contributed by atoms with Crippen LogP contribution in [0.4, 0.5) is 5.82 Å². The molecule has 0 spiro atoms. The molecule has 0 atom stereocenters. The van der Waals surface area contributed by atoms with Gasteiger partial charge < -0.3 is 15.0 Å². The number of ether oxygens (including phenoxy) is 1. The number of hydrogen-bond acceptors (Lipinski definition) is 7. The SMILES string of the molecule is c1ccc(COCc2cncc3nc(-c4ccncc4)nc(N4CCNCC4)c23)cc1. The first-order valence-electron chi connectivity index (χ1n) is 10.5. The van der Waals surface area contributed by atoms with Crippen LogP contribution in [0.5, 0.6) is 0 Å². The number of rotatable bonds is 6. The van der Waals surface area contributed by atoms with Crippen molar-refractivity contribution in [3.05, 3.63) is 78.4 Å². The standard InChI is InChI=1S/C24H24N6O/c1-2-4-18(5-3-1)16-31-17-20-14-27-15-21-22(20)24(30-12-10-26-11-13-30)29-23(28-21)19-6-8-25-9-7-19/h1-9,14-15,26H,10-13,16-17H2. The largest absolute Gasteiger partial charge is 0.372 e. The normalized spacial score (nSPS) is 14.1. The molecule has 5 rings (SSSR count). The summed E-state index contributed by atoms with van der Waals surface area (Å²) >= 11 is 0. The predicted octanol–water partition coefficient (Wildman–Crippen LogP) is 3.21. The Hall–Kier alpha value is -3.42. The number of benzene rings is 1. The zero-order valence-electron chi connectivity index (χ0n) is 17.2. The van der Waals surface area contributed by atoms with Crippen LogP contribution < -0.4 is 10.2 Å². The van der Waals surface area contributed by atoms with Crippen LogP contribution >= 0.6 is 0 Å². The summed E-state index contributed by atoms with van der Waals surface area (Å²) in [6.07, 6.45) is 7.21. The number of anilines is 1. The topological polar surface area (TPSA) is 76.1 Å². The summed E-state index contributed by atoms with van der Waals surface area (Å²) in [6.45, 7) is 4.66. The first-order valence-corrected chi connectivity index (χ1v) is 10.5. The summed E-state index contributed by atoms with van der Waals surface area (Å²) in [6, 6.07) is 14.1. The Balaban J connectivity index is 1.53. The van der Waals surface area contributed by atoms with Crippen molar-refractivity contribution in [2.24, 2.45) is 0 Å². The first kappa shape index (κ1) is 19.5. The van der Waals surface area contributed by atoms with Crippen LogP contribution in [0.3, 0.4) is 0 Å².